The number of nitrogens with zero attached hydrogens (tertiary/aromatic N) is 2. The quantitative estimate of drug-likeness (QED) is 0.407. The predicted molar refractivity (Wildman–Crippen MR) is 32.2 cm³/mol. The molecule has 0 bridgehead atoms. The summed E-state index contributed by atoms with van der Waals surface area (Å²) in [7, 11) is 0. The third-order valence-corrected chi connectivity index (χ3v) is 1.51. The molecule has 0 saturated carbocycles. The van der Waals surface area contributed by atoms with Crippen molar-refractivity contribution in [3.05, 3.63) is 0 Å². The van der Waals surface area contributed by atoms with Crippen molar-refractivity contribution in [2.75, 3.05) is 13.1 Å². The van der Waals surface area contributed by atoms with Crippen LogP contribution in [0, 0.1) is 0 Å². The highest BCUT2D eigenvalue weighted by Crippen LogP contribution is 2.05. The second kappa shape index (κ2) is 1.56. The zero-order valence-corrected chi connectivity index (χ0v) is 5.13. The smallest absolute Gasteiger partial charge is 0.288 e. The largest absolute Gasteiger partial charge is 0.319 e. The molecule has 0 atom stereocenters. The number of carbonyl (C=O) groups is 2. The van der Waals surface area contributed by atoms with Crippen molar-refractivity contribution in [1.29, 1.82) is 0 Å². The third-order valence-electron chi connectivity index (χ3n) is 1.51. The van der Waals surface area contributed by atoms with Crippen LogP contribution in [0.5, 0.6) is 0 Å². The summed E-state index contributed by atoms with van der Waals surface area (Å²) in [5, 5.41) is 2.35. The van der Waals surface area contributed by atoms with E-state index in [2.05, 4.69) is 10.3 Å². The molecule has 5 nitrogen and oxygen atoms in total. The first kappa shape index (κ1) is 5.40. The Hall–Kier alpha value is -1.39. The molecular formula is C5H5N3O2. The van der Waals surface area contributed by atoms with Crippen LogP contribution in [-0.2, 0) is 9.59 Å². The molecule has 0 aromatic rings. The molecule has 10 heavy (non-hydrogen) atoms. The molecule has 2 rings (SSSR count). The van der Waals surface area contributed by atoms with Crippen LogP contribution in [0.15, 0.2) is 4.99 Å². The van der Waals surface area contributed by atoms with Crippen LogP contribution >= 0.6 is 0 Å². The van der Waals surface area contributed by atoms with E-state index in [1.165, 1.54) is 4.90 Å². The number of hydrogen-bond donors (Lipinski definition) is 1. The molecule has 0 aliphatic carbocycles. The number of rotatable bonds is 0. The zero-order chi connectivity index (χ0) is 7.14. The van der Waals surface area contributed by atoms with Gasteiger partial charge in [0.1, 0.15) is 0 Å². The van der Waals surface area contributed by atoms with Gasteiger partial charge in [-0.1, -0.05) is 0 Å². The number of hydrogen-bond acceptors (Lipinski definition) is 3. The number of aliphatic imine (C=N–C) groups is 1. The van der Waals surface area contributed by atoms with E-state index in [0.717, 1.165) is 0 Å². The molecular weight excluding hydrogens is 134 g/mol. The minimum absolute atomic E-state index is 0.412. The summed E-state index contributed by atoms with van der Waals surface area (Å²) in [6.45, 7) is 1.13. The lowest BCUT2D eigenvalue weighted by Gasteiger charge is -2.02. The van der Waals surface area contributed by atoms with Crippen LogP contribution in [0.3, 0.4) is 0 Å². The molecule has 2 aliphatic rings. The molecule has 2 heterocycles. The van der Waals surface area contributed by atoms with E-state index in [4.69, 9.17) is 0 Å². The van der Waals surface area contributed by atoms with Gasteiger partial charge in [-0.25, -0.2) is 0 Å². The van der Waals surface area contributed by atoms with Crippen LogP contribution in [0.25, 0.3) is 0 Å². The van der Waals surface area contributed by atoms with E-state index in [-0.39, 0.29) is 0 Å². The second-order valence-electron chi connectivity index (χ2n) is 2.12. The molecule has 2 aliphatic heterocycles. The van der Waals surface area contributed by atoms with E-state index in [1.807, 2.05) is 0 Å². The molecule has 1 saturated heterocycles. The van der Waals surface area contributed by atoms with Gasteiger partial charge in [-0.3, -0.25) is 24.8 Å². The van der Waals surface area contributed by atoms with Gasteiger partial charge in [-0.15, -0.1) is 0 Å². The maximum Gasteiger partial charge on any atom is 0.319 e. The minimum atomic E-state index is -0.571. The molecule has 1 fully saturated rings. The first-order valence-electron chi connectivity index (χ1n) is 2.96. The van der Waals surface area contributed by atoms with E-state index in [0.29, 0.717) is 19.0 Å². The summed E-state index contributed by atoms with van der Waals surface area (Å²) in [6, 6.07) is 0. The third kappa shape index (κ3) is 0.490. The van der Waals surface area contributed by atoms with Crippen molar-refractivity contribution in [3.63, 3.8) is 0 Å². The maximum absolute atomic E-state index is 10.8. The summed E-state index contributed by atoms with van der Waals surface area (Å²) in [5.74, 6) is -0.648. The fourth-order valence-electron chi connectivity index (χ4n) is 1.03. The topological polar surface area (TPSA) is 61.8 Å². The Bertz CT molecular complexity index is 245. The van der Waals surface area contributed by atoms with Gasteiger partial charge < -0.3 is 0 Å². The van der Waals surface area contributed by atoms with Crippen LogP contribution in [-0.4, -0.2) is 35.8 Å². The Labute approximate surface area is 56.7 Å². The molecule has 52 valence electrons. The Morgan fingerprint density at radius 2 is 2.30 bits per heavy atom. The van der Waals surface area contributed by atoms with Gasteiger partial charge >= 0.3 is 11.8 Å². The molecule has 0 spiro atoms. The van der Waals surface area contributed by atoms with Crippen molar-refractivity contribution in [2.24, 2.45) is 4.99 Å². The minimum Gasteiger partial charge on any atom is -0.288 e. The Morgan fingerprint density at radius 3 is 3.00 bits per heavy atom. The molecule has 0 unspecified atom stereocenters. The summed E-state index contributed by atoms with van der Waals surface area (Å²) >= 11 is 0. The Morgan fingerprint density at radius 1 is 1.50 bits per heavy atom. The first-order chi connectivity index (χ1) is 4.79. The molecule has 0 radical (unpaired) electrons. The predicted octanol–water partition coefficient (Wildman–Crippen LogP) is -1.69. The van der Waals surface area contributed by atoms with Crippen molar-refractivity contribution < 1.29 is 9.59 Å². The van der Waals surface area contributed by atoms with Gasteiger partial charge in [0.05, 0.1) is 6.54 Å². The van der Waals surface area contributed by atoms with Crippen LogP contribution in [0.2, 0.25) is 0 Å². The van der Waals surface area contributed by atoms with Gasteiger partial charge in [0.2, 0.25) is 5.96 Å². The fourth-order valence-corrected chi connectivity index (χ4v) is 1.03. The second-order valence-corrected chi connectivity index (χ2v) is 2.12. The molecule has 2 amide bonds. The standard InChI is InChI=1S/C5H5N3O2/c9-3-4(10)8-2-1-6-5(8)7-3/h1-2H2,(H,6,7,9). The number of amides is 2. The maximum atomic E-state index is 10.8. The lowest BCUT2D eigenvalue weighted by Crippen LogP contribution is -2.28. The van der Waals surface area contributed by atoms with E-state index in [9.17, 15) is 9.59 Å². The molecule has 1 N–H and O–H groups in total. The highest BCUT2D eigenvalue weighted by Gasteiger charge is 2.36. The van der Waals surface area contributed by atoms with Gasteiger partial charge in [-0.2, -0.15) is 0 Å². The Kier molecular flexibility index (Phi) is 0.841. The van der Waals surface area contributed by atoms with Gasteiger partial charge in [0.15, 0.2) is 0 Å². The van der Waals surface area contributed by atoms with Crippen LogP contribution < -0.4 is 5.32 Å². The summed E-state index contributed by atoms with van der Waals surface area (Å²) in [4.78, 5) is 26.7. The van der Waals surface area contributed by atoms with Crippen molar-refractivity contribution in [3.8, 4) is 0 Å². The summed E-state index contributed by atoms with van der Waals surface area (Å²) in [6.07, 6.45) is 0. The van der Waals surface area contributed by atoms with Gasteiger partial charge in [0.25, 0.3) is 0 Å². The van der Waals surface area contributed by atoms with E-state index < -0.39 is 11.8 Å². The van der Waals surface area contributed by atoms with Gasteiger partial charge in [-0.05, 0) is 0 Å². The summed E-state index contributed by atoms with van der Waals surface area (Å²) in [5.41, 5.74) is 0. The highest BCUT2D eigenvalue weighted by molar-refractivity contribution is 6.45. The fraction of sp³-hybridized carbons (Fsp3) is 0.400. The highest BCUT2D eigenvalue weighted by atomic mass is 16.2. The number of carbonyl (C=O) groups excluding carboxylic acids is 2. The van der Waals surface area contributed by atoms with Crippen LogP contribution in [0.1, 0.15) is 0 Å². The zero-order valence-electron chi connectivity index (χ0n) is 5.13. The normalized spacial score (nSPS) is 22.8. The van der Waals surface area contributed by atoms with Crippen LogP contribution in [0.4, 0.5) is 0 Å². The average molecular weight is 139 g/mol. The van der Waals surface area contributed by atoms with E-state index in [1.54, 1.807) is 0 Å². The average Bonchev–Trinajstić information content (AvgIpc) is 2.41. The molecule has 5 heteroatoms. The molecule has 0 aromatic carbocycles. The first-order valence-corrected chi connectivity index (χ1v) is 2.96. The lowest BCUT2D eigenvalue weighted by molar-refractivity contribution is -0.139. The van der Waals surface area contributed by atoms with E-state index >= 15 is 0 Å². The SMILES string of the molecule is O=C1NC2=NCCN2C1=O. The molecule has 0 aromatic heterocycles. The Balaban J connectivity index is 2.37. The number of guanidine groups is 1. The lowest BCUT2D eigenvalue weighted by atomic mass is 10.5. The van der Waals surface area contributed by atoms with Gasteiger partial charge in [0, 0.05) is 6.54 Å². The van der Waals surface area contributed by atoms with Crippen molar-refractivity contribution >= 4 is 17.8 Å². The number of nitrogens with one attached hydrogen (secondary N) is 1. The van der Waals surface area contributed by atoms with Crippen molar-refractivity contribution in [2.45, 2.75) is 0 Å². The number of fused-ring (bicyclic) bond motifs is 1. The monoisotopic (exact) mass is 139 g/mol. The van der Waals surface area contributed by atoms with Crippen molar-refractivity contribution in [1.82, 2.24) is 10.2 Å². The summed E-state index contributed by atoms with van der Waals surface area (Å²) < 4.78 is 0.